The highest BCUT2D eigenvalue weighted by Gasteiger charge is 2.60. The van der Waals surface area contributed by atoms with Gasteiger partial charge < -0.3 is 0 Å². The molecule has 0 saturated carbocycles. The van der Waals surface area contributed by atoms with Crippen LogP contribution in [0.4, 0.5) is 0 Å². The fourth-order valence-electron chi connectivity index (χ4n) is 2.54. The third-order valence-electron chi connectivity index (χ3n) is 3.76. The molecule has 0 fully saturated rings. The Morgan fingerprint density at radius 3 is 2.30 bits per heavy atom. The Bertz CT molecular complexity index is 620. The van der Waals surface area contributed by atoms with Gasteiger partial charge >= 0.3 is 5.66 Å². The highest BCUT2D eigenvalue weighted by atomic mass is 16.7. The molecule has 20 heavy (non-hydrogen) atoms. The first kappa shape index (κ1) is 13.9. The van der Waals surface area contributed by atoms with Crippen molar-refractivity contribution in [1.82, 2.24) is 0 Å². The van der Waals surface area contributed by atoms with Gasteiger partial charge in [0.2, 0.25) is 0 Å². The lowest BCUT2D eigenvalue weighted by Crippen LogP contribution is -2.51. The van der Waals surface area contributed by atoms with Crippen LogP contribution in [0.1, 0.15) is 18.1 Å². The molecule has 0 radical (unpaired) electrons. The van der Waals surface area contributed by atoms with Crippen LogP contribution in [0, 0.1) is 33.1 Å². The van der Waals surface area contributed by atoms with Gasteiger partial charge in [0.25, 0.3) is 0 Å². The van der Waals surface area contributed by atoms with Crippen LogP contribution in [0.15, 0.2) is 42.5 Å². The minimum absolute atomic E-state index is 0.610. The zero-order valence-corrected chi connectivity index (χ0v) is 11.1. The molecule has 0 aliphatic heterocycles. The van der Waals surface area contributed by atoms with Crippen molar-refractivity contribution in [3.8, 4) is 0 Å². The Hall–Kier alpha value is -2.50. The van der Waals surface area contributed by atoms with Gasteiger partial charge in [-0.1, -0.05) is 36.4 Å². The molecule has 0 N–H and O–H groups in total. The average molecular weight is 274 g/mol. The highest BCUT2D eigenvalue weighted by Crippen LogP contribution is 2.39. The molecule has 0 bridgehead atoms. The summed E-state index contributed by atoms with van der Waals surface area (Å²) in [5, 5.41) is 22.6. The monoisotopic (exact) mass is 274 g/mol. The number of allylic oxidation sites excluding steroid dienone is 2. The molecule has 0 heterocycles. The fourth-order valence-corrected chi connectivity index (χ4v) is 2.54. The van der Waals surface area contributed by atoms with E-state index in [0.717, 1.165) is 17.2 Å². The molecule has 0 saturated heterocycles. The number of aryl methyl sites for hydroxylation is 1. The molecule has 104 valence electrons. The van der Waals surface area contributed by atoms with E-state index in [1.54, 1.807) is 6.08 Å². The van der Waals surface area contributed by atoms with Gasteiger partial charge in [-0.05, 0) is 30.5 Å². The van der Waals surface area contributed by atoms with E-state index < -0.39 is 21.4 Å². The summed E-state index contributed by atoms with van der Waals surface area (Å²) in [5.74, 6) is -0.849. The van der Waals surface area contributed by atoms with E-state index in [-0.39, 0.29) is 0 Å². The van der Waals surface area contributed by atoms with Crippen molar-refractivity contribution in [2.75, 3.05) is 0 Å². The fraction of sp³-hybridized carbons (Fsp3) is 0.286. The van der Waals surface area contributed by atoms with Crippen molar-refractivity contribution in [3.05, 3.63) is 73.8 Å². The molecule has 1 unspecified atom stereocenters. The van der Waals surface area contributed by atoms with E-state index in [0.29, 0.717) is 5.57 Å². The first-order valence-corrected chi connectivity index (χ1v) is 6.15. The van der Waals surface area contributed by atoms with Gasteiger partial charge in [-0.3, -0.25) is 20.2 Å². The van der Waals surface area contributed by atoms with Gasteiger partial charge in [-0.2, -0.15) is 0 Å². The lowest BCUT2D eigenvalue weighted by Gasteiger charge is -2.25. The molecule has 0 aromatic heterocycles. The molecule has 0 spiro atoms. The average Bonchev–Trinajstić information content (AvgIpc) is 2.39. The molecule has 1 aromatic rings. The van der Waals surface area contributed by atoms with Crippen LogP contribution in [0.2, 0.25) is 0 Å². The van der Waals surface area contributed by atoms with Crippen molar-refractivity contribution in [3.63, 3.8) is 0 Å². The number of hydrogen-bond donors (Lipinski definition) is 0. The second-order valence-electron chi connectivity index (χ2n) is 4.82. The summed E-state index contributed by atoms with van der Waals surface area (Å²) in [6, 6.07) is 7.37. The quantitative estimate of drug-likeness (QED) is 0.481. The van der Waals surface area contributed by atoms with Crippen LogP contribution in [-0.4, -0.2) is 15.5 Å². The Kier molecular flexibility index (Phi) is 3.40. The maximum absolute atomic E-state index is 11.3. The van der Waals surface area contributed by atoms with Gasteiger partial charge in [0.05, 0.1) is 6.08 Å². The summed E-state index contributed by atoms with van der Waals surface area (Å²) < 4.78 is 0. The van der Waals surface area contributed by atoms with Gasteiger partial charge in [-0.25, -0.2) is 0 Å². The maximum atomic E-state index is 11.3. The Labute approximate surface area is 115 Å². The normalized spacial score (nSPS) is 20.3. The van der Waals surface area contributed by atoms with Crippen molar-refractivity contribution >= 4 is 5.57 Å². The summed E-state index contributed by atoms with van der Waals surface area (Å²) >= 11 is 0. The predicted octanol–water partition coefficient (Wildman–Crippen LogP) is 2.83. The number of nitro groups is 2. The minimum atomic E-state index is -2.30. The van der Waals surface area contributed by atoms with Crippen molar-refractivity contribution in [2.45, 2.75) is 19.5 Å². The SMILES string of the molecule is Cc1ccccc1C1=CC=CC([N+](=O)[O-])([N+](=O)[O-])C1C. The maximum Gasteiger partial charge on any atom is 0.484 e. The predicted molar refractivity (Wildman–Crippen MR) is 74.2 cm³/mol. The molecule has 6 nitrogen and oxygen atoms in total. The summed E-state index contributed by atoms with van der Waals surface area (Å²) in [6.07, 6.45) is 4.16. The van der Waals surface area contributed by atoms with Crippen LogP contribution >= 0.6 is 0 Å². The lowest BCUT2D eigenvalue weighted by atomic mass is 9.79. The Balaban J connectivity index is 2.57. The molecule has 1 aliphatic rings. The largest absolute Gasteiger partial charge is 0.484 e. The smallest absolute Gasteiger partial charge is 0.258 e. The van der Waals surface area contributed by atoms with Crippen molar-refractivity contribution in [2.24, 2.45) is 5.92 Å². The number of hydrogen-bond acceptors (Lipinski definition) is 4. The Morgan fingerprint density at radius 1 is 1.15 bits per heavy atom. The van der Waals surface area contributed by atoms with Crippen molar-refractivity contribution in [1.29, 1.82) is 0 Å². The van der Waals surface area contributed by atoms with Gasteiger partial charge in [-0.15, -0.1) is 0 Å². The summed E-state index contributed by atoms with van der Waals surface area (Å²) in [5.41, 5.74) is 0.0461. The number of benzene rings is 1. The molecule has 0 amide bonds. The van der Waals surface area contributed by atoms with E-state index in [1.807, 2.05) is 31.2 Å². The standard InChI is InChI=1S/C14H14N2O4/c1-10-6-3-4-7-12(10)13-8-5-9-14(11(13)2,15(17)18)16(19)20/h3-9,11H,1-2H3. The second-order valence-corrected chi connectivity index (χ2v) is 4.82. The summed E-state index contributed by atoms with van der Waals surface area (Å²) in [6.45, 7) is 3.40. The van der Waals surface area contributed by atoms with Crippen molar-refractivity contribution < 1.29 is 9.85 Å². The van der Waals surface area contributed by atoms with E-state index in [9.17, 15) is 20.2 Å². The number of rotatable bonds is 3. The third kappa shape index (κ3) is 1.89. The van der Waals surface area contributed by atoms with E-state index >= 15 is 0 Å². The molecule has 1 aromatic carbocycles. The van der Waals surface area contributed by atoms with Crippen LogP contribution in [0.3, 0.4) is 0 Å². The first-order chi connectivity index (χ1) is 9.41. The third-order valence-corrected chi connectivity index (χ3v) is 3.76. The molecule has 1 aliphatic carbocycles. The van der Waals surface area contributed by atoms with Gasteiger partial charge in [0, 0.05) is 0 Å². The van der Waals surface area contributed by atoms with Crippen LogP contribution in [-0.2, 0) is 0 Å². The molecule has 1 atom stereocenters. The Morgan fingerprint density at radius 2 is 1.75 bits per heavy atom. The topological polar surface area (TPSA) is 86.3 Å². The van der Waals surface area contributed by atoms with Crippen LogP contribution in [0.25, 0.3) is 5.57 Å². The van der Waals surface area contributed by atoms with E-state index in [1.165, 1.54) is 13.0 Å². The lowest BCUT2D eigenvalue weighted by molar-refractivity contribution is -0.787. The first-order valence-electron chi connectivity index (χ1n) is 6.15. The molecule has 6 heteroatoms. The zero-order chi connectivity index (χ0) is 14.9. The molecule has 2 rings (SSSR count). The van der Waals surface area contributed by atoms with Crippen LogP contribution < -0.4 is 0 Å². The van der Waals surface area contributed by atoms with E-state index in [2.05, 4.69) is 0 Å². The second kappa shape index (κ2) is 4.88. The number of nitrogens with zero attached hydrogens (tertiary/aromatic N) is 2. The molecular weight excluding hydrogens is 260 g/mol. The van der Waals surface area contributed by atoms with Gasteiger partial charge in [0.15, 0.2) is 0 Å². The van der Waals surface area contributed by atoms with Gasteiger partial charge in [0.1, 0.15) is 15.8 Å². The van der Waals surface area contributed by atoms with Crippen LogP contribution in [0.5, 0.6) is 0 Å². The highest BCUT2D eigenvalue weighted by molar-refractivity contribution is 5.73. The minimum Gasteiger partial charge on any atom is -0.258 e. The molecular formula is C14H14N2O4. The summed E-state index contributed by atoms with van der Waals surface area (Å²) in [4.78, 5) is 20.9. The summed E-state index contributed by atoms with van der Waals surface area (Å²) in [7, 11) is 0. The van der Waals surface area contributed by atoms with E-state index in [4.69, 9.17) is 0 Å². The zero-order valence-electron chi connectivity index (χ0n) is 11.1.